The van der Waals surface area contributed by atoms with E-state index in [2.05, 4.69) is 5.32 Å². The Kier molecular flexibility index (Phi) is 6.26. The number of anilines is 1. The maximum Gasteiger partial charge on any atom is 0.417 e. The molecule has 1 N–H and O–H groups in total. The lowest BCUT2D eigenvalue weighted by Crippen LogP contribution is -2.28. The predicted molar refractivity (Wildman–Crippen MR) is 105 cm³/mol. The van der Waals surface area contributed by atoms with Crippen LogP contribution in [0.1, 0.15) is 29.5 Å². The van der Waals surface area contributed by atoms with Crippen LogP contribution in [0.3, 0.4) is 0 Å². The van der Waals surface area contributed by atoms with Crippen LogP contribution in [0.4, 0.5) is 18.9 Å². The van der Waals surface area contributed by atoms with Crippen LogP contribution in [-0.4, -0.2) is 22.6 Å². The van der Waals surface area contributed by atoms with Gasteiger partial charge in [-0.05, 0) is 41.5 Å². The van der Waals surface area contributed by atoms with Crippen molar-refractivity contribution in [1.82, 2.24) is 4.90 Å². The van der Waals surface area contributed by atoms with E-state index in [1.807, 2.05) is 0 Å². The van der Waals surface area contributed by atoms with Crippen LogP contribution in [0.2, 0.25) is 5.02 Å². The highest BCUT2D eigenvalue weighted by Crippen LogP contribution is 2.35. The average molecular weight is 437 g/mol. The van der Waals surface area contributed by atoms with E-state index in [0.717, 1.165) is 23.8 Å². The Morgan fingerprint density at radius 2 is 1.70 bits per heavy atom. The van der Waals surface area contributed by atoms with E-state index in [4.69, 9.17) is 11.6 Å². The summed E-state index contributed by atoms with van der Waals surface area (Å²) < 4.78 is 38.7. The monoisotopic (exact) mass is 436 g/mol. The first-order valence-electron chi connectivity index (χ1n) is 8.91. The van der Waals surface area contributed by atoms with Gasteiger partial charge >= 0.3 is 6.18 Å². The van der Waals surface area contributed by atoms with Crippen LogP contribution in [-0.2, 0) is 27.1 Å². The van der Waals surface area contributed by atoms with E-state index in [-0.39, 0.29) is 36.8 Å². The Bertz CT molecular complexity index is 1000. The van der Waals surface area contributed by atoms with Crippen LogP contribution in [0.5, 0.6) is 0 Å². The number of halogens is 4. The second kappa shape index (κ2) is 8.71. The summed E-state index contributed by atoms with van der Waals surface area (Å²) in [6.07, 6.45) is -1.79. The topological polar surface area (TPSA) is 66.5 Å². The number of nitrogens with one attached hydrogen (secondary N) is 1. The summed E-state index contributed by atoms with van der Waals surface area (Å²) in [5.41, 5.74) is 0.391. The fourth-order valence-corrected chi connectivity index (χ4v) is 3.12. The molecule has 0 bridgehead atoms. The van der Waals surface area contributed by atoms with Gasteiger partial charge in [0.2, 0.25) is 17.7 Å². The van der Waals surface area contributed by atoms with Gasteiger partial charge in [-0.2, -0.15) is 13.2 Å². The fraction of sp³-hybridized carbons (Fsp3) is 0.190. The number of carbonyl (C=O) groups is 3. The van der Waals surface area contributed by atoms with Crippen molar-refractivity contribution < 1.29 is 27.6 Å². The maximum absolute atomic E-state index is 12.9. The zero-order chi connectivity index (χ0) is 21.9. The Labute approximate surface area is 175 Å². The lowest BCUT2D eigenvalue weighted by molar-refractivity contribution is -0.139. The Morgan fingerprint density at radius 3 is 2.30 bits per heavy atom. The molecule has 0 aliphatic carbocycles. The molecule has 5 nitrogen and oxygen atoms in total. The standard InChI is InChI=1S/C21H16ClF3N2O3/c22-17-7-3-13(11-16(17)21(23,24)25)4-8-18(28)26-15-5-1-14(2-6-15)12-27-19(29)9-10-20(27)30/h1-8,11H,9-10,12H2,(H,26,28)/b8-4+. The molecule has 2 aromatic rings. The summed E-state index contributed by atoms with van der Waals surface area (Å²) in [6.45, 7) is 0.171. The van der Waals surface area contributed by atoms with Gasteiger partial charge in [0.25, 0.3) is 0 Å². The lowest BCUT2D eigenvalue weighted by Gasteiger charge is -2.14. The first-order chi connectivity index (χ1) is 14.1. The van der Waals surface area contributed by atoms with Crippen LogP contribution < -0.4 is 5.32 Å². The first kappa shape index (κ1) is 21.6. The van der Waals surface area contributed by atoms with Crippen molar-refractivity contribution in [1.29, 1.82) is 0 Å². The molecule has 1 aliphatic rings. The van der Waals surface area contributed by atoms with Crippen molar-refractivity contribution in [3.05, 3.63) is 70.3 Å². The van der Waals surface area contributed by atoms with Gasteiger partial charge in [0.15, 0.2) is 0 Å². The summed E-state index contributed by atoms with van der Waals surface area (Å²) in [5, 5.41) is 2.17. The molecule has 0 atom stereocenters. The van der Waals surface area contributed by atoms with Crippen molar-refractivity contribution in [3.8, 4) is 0 Å². The molecule has 3 rings (SSSR count). The third-order valence-electron chi connectivity index (χ3n) is 4.44. The molecule has 0 unspecified atom stereocenters. The van der Waals surface area contributed by atoms with E-state index >= 15 is 0 Å². The molecule has 0 spiro atoms. The minimum absolute atomic E-state index is 0.171. The number of carbonyl (C=O) groups excluding carboxylic acids is 3. The largest absolute Gasteiger partial charge is 0.417 e. The molecule has 30 heavy (non-hydrogen) atoms. The van der Waals surface area contributed by atoms with Gasteiger partial charge in [-0.1, -0.05) is 29.8 Å². The zero-order valence-corrected chi connectivity index (χ0v) is 16.3. The van der Waals surface area contributed by atoms with Crippen molar-refractivity contribution in [3.63, 3.8) is 0 Å². The third-order valence-corrected chi connectivity index (χ3v) is 4.77. The van der Waals surface area contributed by atoms with Gasteiger partial charge in [-0.3, -0.25) is 19.3 Å². The molecule has 1 heterocycles. The van der Waals surface area contributed by atoms with Gasteiger partial charge in [0.1, 0.15) is 0 Å². The summed E-state index contributed by atoms with van der Waals surface area (Å²) in [5.74, 6) is -0.951. The molecular weight excluding hydrogens is 421 g/mol. The highest BCUT2D eigenvalue weighted by Gasteiger charge is 2.33. The normalized spacial score (nSPS) is 14.6. The fourth-order valence-electron chi connectivity index (χ4n) is 2.89. The molecule has 0 aromatic heterocycles. The van der Waals surface area contributed by atoms with Crippen molar-refractivity contribution in [2.45, 2.75) is 25.6 Å². The number of rotatable bonds is 5. The highest BCUT2D eigenvalue weighted by atomic mass is 35.5. The predicted octanol–water partition coefficient (Wildman–Crippen LogP) is 4.66. The summed E-state index contributed by atoms with van der Waals surface area (Å²) >= 11 is 5.57. The molecule has 0 saturated carbocycles. The van der Waals surface area contributed by atoms with Crippen LogP contribution in [0.15, 0.2) is 48.5 Å². The number of benzene rings is 2. The van der Waals surface area contributed by atoms with E-state index < -0.39 is 22.7 Å². The van der Waals surface area contributed by atoms with E-state index in [1.54, 1.807) is 24.3 Å². The van der Waals surface area contributed by atoms with Crippen molar-refractivity contribution in [2.75, 3.05) is 5.32 Å². The molecule has 156 valence electrons. The van der Waals surface area contributed by atoms with Crippen LogP contribution in [0.25, 0.3) is 6.08 Å². The number of imide groups is 1. The number of hydrogen-bond acceptors (Lipinski definition) is 3. The maximum atomic E-state index is 12.9. The van der Waals surface area contributed by atoms with Gasteiger partial charge in [0, 0.05) is 24.6 Å². The van der Waals surface area contributed by atoms with Crippen LogP contribution in [0, 0.1) is 0 Å². The molecule has 1 fully saturated rings. The highest BCUT2D eigenvalue weighted by molar-refractivity contribution is 6.31. The molecule has 0 radical (unpaired) electrons. The summed E-state index contributed by atoms with van der Waals surface area (Å²) in [6, 6.07) is 9.92. The second-order valence-corrected chi connectivity index (χ2v) is 7.04. The lowest BCUT2D eigenvalue weighted by atomic mass is 10.1. The minimum Gasteiger partial charge on any atom is -0.323 e. The van der Waals surface area contributed by atoms with Gasteiger partial charge < -0.3 is 5.32 Å². The number of amides is 3. The molecular formula is C21H16ClF3N2O3. The quantitative estimate of drug-likeness (QED) is 0.547. The van der Waals surface area contributed by atoms with Gasteiger partial charge in [0.05, 0.1) is 17.1 Å². The summed E-state index contributed by atoms with van der Waals surface area (Å²) in [7, 11) is 0. The minimum atomic E-state index is -4.59. The molecule has 1 aliphatic heterocycles. The average Bonchev–Trinajstić information content (AvgIpc) is 3.00. The van der Waals surface area contributed by atoms with Crippen molar-refractivity contribution >= 4 is 41.1 Å². The van der Waals surface area contributed by atoms with E-state index in [1.165, 1.54) is 17.0 Å². The Hall–Kier alpha value is -3.13. The number of hydrogen-bond donors (Lipinski definition) is 1. The summed E-state index contributed by atoms with van der Waals surface area (Å²) in [4.78, 5) is 36.5. The van der Waals surface area contributed by atoms with Gasteiger partial charge in [-0.15, -0.1) is 0 Å². The Morgan fingerprint density at radius 1 is 1.07 bits per heavy atom. The molecule has 2 aromatic carbocycles. The molecule has 3 amide bonds. The smallest absolute Gasteiger partial charge is 0.323 e. The van der Waals surface area contributed by atoms with Crippen molar-refractivity contribution in [2.24, 2.45) is 0 Å². The Balaban J connectivity index is 1.61. The molecule has 9 heteroatoms. The SMILES string of the molecule is O=C(/C=C/c1ccc(Cl)c(C(F)(F)F)c1)Nc1ccc(CN2C(=O)CCC2=O)cc1. The second-order valence-electron chi connectivity index (χ2n) is 6.63. The zero-order valence-electron chi connectivity index (χ0n) is 15.5. The number of alkyl halides is 3. The van der Waals surface area contributed by atoms with Gasteiger partial charge in [-0.25, -0.2) is 0 Å². The number of likely N-dealkylation sites (tertiary alicyclic amines) is 1. The first-order valence-corrected chi connectivity index (χ1v) is 9.29. The van der Waals surface area contributed by atoms with E-state index in [9.17, 15) is 27.6 Å². The molecule has 1 saturated heterocycles. The number of nitrogens with zero attached hydrogens (tertiary/aromatic N) is 1. The van der Waals surface area contributed by atoms with Crippen LogP contribution >= 0.6 is 11.6 Å². The van der Waals surface area contributed by atoms with E-state index in [0.29, 0.717) is 5.69 Å². The third kappa shape index (κ3) is 5.27.